The number of carbonyl (C=O) groups excluding carboxylic acids is 1. The van der Waals surface area contributed by atoms with Gasteiger partial charge in [0, 0.05) is 6.42 Å². The van der Waals surface area contributed by atoms with Gasteiger partial charge in [-0.3, -0.25) is 4.79 Å². The number of hydrogen-bond donors (Lipinski definition) is 2. The van der Waals surface area contributed by atoms with Crippen molar-refractivity contribution in [1.29, 1.82) is 0 Å². The molecule has 0 bridgehead atoms. The van der Waals surface area contributed by atoms with Gasteiger partial charge in [0.15, 0.2) is 17.5 Å². The maximum atomic E-state index is 12.3. The number of nitrogens with one attached hydrogen (secondary N) is 1. The molecule has 0 aliphatic rings. The molecule has 2 aromatic carbocycles. The molecule has 0 saturated carbocycles. The van der Waals surface area contributed by atoms with Crippen molar-refractivity contribution in [2.24, 2.45) is 0 Å². The van der Waals surface area contributed by atoms with Crippen LogP contribution in [0.15, 0.2) is 42.5 Å². The standard InChI is InChI=1S/C20H23NO6/c1-25-15-11-13(12-16(26-2)19(15)27-3)9-10-17(22)21-18(20(23)24)14-7-5-4-6-8-14/h4-8,11-12,18H,9-10H2,1-3H3,(H,21,22)(H,23,24)/t18-/m1/s1. The van der Waals surface area contributed by atoms with Gasteiger partial charge in [-0.05, 0) is 29.7 Å². The number of carboxylic acids is 1. The summed E-state index contributed by atoms with van der Waals surface area (Å²) in [7, 11) is 4.55. The highest BCUT2D eigenvalue weighted by molar-refractivity contribution is 5.84. The van der Waals surface area contributed by atoms with Crippen molar-refractivity contribution < 1.29 is 28.9 Å². The van der Waals surface area contributed by atoms with Crippen LogP contribution >= 0.6 is 0 Å². The van der Waals surface area contributed by atoms with Gasteiger partial charge in [0.25, 0.3) is 0 Å². The average Bonchev–Trinajstić information content (AvgIpc) is 2.69. The van der Waals surface area contributed by atoms with Crippen molar-refractivity contribution in [3.8, 4) is 17.2 Å². The van der Waals surface area contributed by atoms with E-state index in [0.29, 0.717) is 29.2 Å². The second kappa shape index (κ2) is 9.47. The molecule has 2 N–H and O–H groups in total. The molecule has 0 spiro atoms. The van der Waals surface area contributed by atoms with Crippen LogP contribution in [0.2, 0.25) is 0 Å². The summed E-state index contributed by atoms with van der Waals surface area (Å²) in [5.74, 6) is 0.00507. The molecular weight excluding hydrogens is 350 g/mol. The first kappa shape index (κ1) is 20.1. The zero-order chi connectivity index (χ0) is 19.8. The lowest BCUT2D eigenvalue weighted by Gasteiger charge is -2.16. The Morgan fingerprint density at radius 3 is 2.07 bits per heavy atom. The number of carbonyl (C=O) groups is 2. The topological polar surface area (TPSA) is 94.1 Å². The molecule has 0 unspecified atom stereocenters. The van der Waals surface area contributed by atoms with Crippen LogP contribution in [0.4, 0.5) is 0 Å². The molecule has 0 heterocycles. The summed E-state index contributed by atoms with van der Waals surface area (Å²) in [6, 6.07) is 11.0. The minimum absolute atomic E-state index is 0.120. The van der Waals surface area contributed by atoms with Crippen LogP contribution in [0, 0.1) is 0 Å². The third kappa shape index (κ3) is 5.13. The van der Waals surface area contributed by atoms with Gasteiger partial charge >= 0.3 is 5.97 Å². The molecule has 27 heavy (non-hydrogen) atoms. The smallest absolute Gasteiger partial charge is 0.330 e. The summed E-state index contributed by atoms with van der Waals surface area (Å²) in [6.45, 7) is 0. The Labute approximate surface area is 157 Å². The number of benzene rings is 2. The van der Waals surface area contributed by atoms with Crippen molar-refractivity contribution >= 4 is 11.9 Å². The molecule has 7 nitrogen and oxygen atoms in total. The van der Waals surface area contributed by atoms with E-state index in [4.69, 9.17) is 14.2 Å². The molecule has 0 radical (unpaired) electrons. The van der Waals surface area contributed by atoms with Crippen molar-refractivity contribution in [2.45, 2.75) is 18.9 Å². The summed E-state index contributed by atoms with van der Waals surface area (Å²) >= 11 is 0. The fourth-order valence-corrected chi connectivity index (χ4v) is 2.70. The molecule has 0 aromatic heterocycles. The second-order valence-electron chi connectivity index (χ2n) is 5.78. The van der Waals surface area contributed by atoms with Gasteiger partial charge < -0.3 is 24.6 Å². The Morgan fingerprint density at radius 1 is 1.00 bits per heavy atom. The normalized spacial score (nSPS) is 11.4. The Kier molecular flexibility index (Phi) is 7.05. The fraction of sp³-hybridized carbons (Fsp3) is 0.300. The number of rotatable bonds is 9. The number of carboxylic acid groups (broad SMARTS) is 1. The summed E-state index contributed by atoms with van der Waals surface area (Å²) in [6.07, 6.45) is 0.513. The Bertz CT molecular complexity index is 765. The van der Waals surface area contributed by atoms with Gasteiger partial charge in [-0.15, -0.1) is 0 Å². The molecule has 1 amide bonds. The van der Waals surface area contributed by atoms with E-state index in [1.807, 2.05) is 0 Å². The summed E-state index contributed by atoms with van der Waals surface area (Å²) < 4.78 is 15.9. The molecule has 0 saturated heterocycles. The van der Waals surface area contributed by atoms with E-state index < -0.39 is 12.0 Å². The molecular formula is C20H23NO6. The van der Waals surface area contributed by atoms with E-state index in [0.717, 1.165) is 5.56 Å². The summed E-state index contributed by atoms with van der Waals surface area (Å²) in [5.41, 5.74) is 1.33. The third-order valence-corrected chi connectivity index (χ3v) is 4.05. The third-order valence-electron chi connectivity index (χ3n) is 4.05. The Hall–Kier alpha value is -3.22. The zero-order valence-electron chi connectivity index (χ0n) is 15.5. The number of ether oxygens (including phenoxy) is 3. The van der Waals surface area contributed by atoms with Crippen LogP contribution in [0.5, 0.6) is 17.2 Å². The van der Waals surface area contributed by atoms with E-state index in [1.54, 1.807) is 42.5 Å². The minimum Gasteiger partial charge on any atom is -0.493 e. The van der Waals surface area contributed by atoms with Crippen LogP contribution in [-0.2, 0) is 16.0 Å². The first-order valence-electron chi connectivity index (χ1n) is 8.36. The zero-order valence-corrected chi connectivity index (χ0v) is 15.5. The van der Waals surface area contributed by atoms with Crippen molar-refractivity contribution in [3.63, 3.8) is 0 Å². The van der Waals surface area contributed by atoms with Crippen LogP contribution < -0.4 is 19.5 Å². The highest BCUT2D eigenvalue weighted by Crippen LogP contribution is 2.38. The molecule has 0 aliphatic carbocycles. The monoisotopic (exact) mass is 373 g/mol. The minimum atomic E-state index is -1.11. The number of aryl methyl sites for hydroxylation is 1. The highest BCUT2D eigenvalue weighted by Gasteiger charge is 2.22. The molecule has 1 atom stereocenters. The van der Waals surface area contributed by atoms with E-state index in [1.165, 1.54) is 21.3 Å². The van der Waals surface area contributed by atoms with E-state index in [9.17, 15) is 14.7 Å². The first-order valence-corrected chi connectivity index (χ1v) is 8.36. The Balaban J connectivity index is 2.07. The Morgan fingerprint density at radius 2 is 1.59 bits per heavy atom. The van der Waals surface area contributed by atoms with Crippen LogP contribution in [-0.4, -0.2) is 38.3 Å². The molecule has 7 heteroatoms. The lowest BCUT2D eigenvalue weighted by atomic mass is 10.1. The second-order valence-corrected chi connectivity index (χ2v) is 5.78. The van der Waals surface area contributed by atoms with Crippen LogP contribution in [0.3, 0.4) is 0 Å². The number of amides is 1. The van der Waals surface area contributed by atoms with Gasteiger partial charge in [0.05, 0.1) is 21.3 Å². The van der Waals surface area contributed by atoms with E-state index in [2.05, 4.69) is 5.32 Å². The van der Waals surface area contributed by atoms with Crippen molar-refractivity contribution in [3.05, 3.63) is 53.6 Å². The molecule has 144 valence electrons. The average molecular weight is 373 g/mol. The van der Waals surface area contributed by atoms with Crippen LogP contribution in [0.25, 0.3) is 0 Å². The molecule has 0 aliphatic heterocycles. The number of methoxy groups -OCH3 is 3. The van der Waals surface area contributed by atoms with Gasteiger partial charge in [0.1, 0.15) is 0 Å². The van der Waals surface area contributed by atoms with Crippen LogP contribution in [0.1, 0.15) is 23.6 Å². The van der Waals surface area contributed by atoms with E-state index >= 15 is 0 Å². The fourth-order valence-electron chi connectivity index (χ4n) is 2.70. The van der Waals surface area contributed by atoms with Gasteiger partial charge in [-0.1, -0.05) is 30.3 Å². The first-order chi connectivity index (χ1) is 13.0. The van der Waals surface area contributed by atoms with Gasteiger partial charge in [-0.25, -0.2) is 4.79 Å². The largest absolute Gasteiger partial charge is 0.493 e. The SMILES string of the molecule is COc1cc(CCC(=O)N[C@@H](C(=O)O)c2ccccc2)cc(OC)c1OC. The molecule has 2 aromatic rings. The highest BCUT2D eigenvalue weighted by atomic mass is 16.5. The predicted octanol–water partition coefficient (Wildman–Crippen LogP) is 2.59. The number of hydrogen-bond acceptors (Lipinski definition) is 5. The van der Waals surface area contributed by atoms with Crippen molar-refractivity contribution in [1.82, 2.24) is 5.32 Å². The lowest BCUT2D eigenvalue weighted by molar-refractivity contribution is -0.142. The van der Waals surface area contributed by atoms with Gasteiger partial charge in [0.2, 0.25) is 11.7 Å². The quantitative estimate of drug-likeness (QED) is 0.702. The summed E-state index contributed by atoms with van der Waals surface area (Å²) in [4.78, 5) is 23.8. The summed E-state index contributed by atoms with van der Waals surface area (Å²) in [5, 5.41) is 12.0. The number of aliphatic carboxylic acids is 1. The predicted molar refractivity (Wildman–Crippen MR) is 99.4 cm³/mol. The van der Waals surface area contributed by atoms with Crippen molar-refractivity contribution in [2.75, 3.05) is 21.3 Å². The van der Waals surface area contributed by atoms with E-state index in [-0.39, 0.29) is 12.3 Å². The maximum absolute atomic E-state index is 12.3. The lowest BCUT2D eigenvalue weighted by Crippen LogP contribution is -2.33. The molecule has 2 rings (SSSR count). The molecule has 0 fully saturated rings. The van der Waals surface area contributed by atoms with Gasteiger partial charge in [-0.2, -0.15) is 0 Å². The maximum Gasteiger partial charge on any atom is 0.330 e.